The summed E-state index contributed by atoms with van der Waals surface area (Å²) in [5, 5.41) is 5.02. The molecule has 0 atom stereocenters. The Hall–Kier alpha value is -3.26. The van der Waals surface area contributed by atoms with Crippen molar-refractivity contribution >= 4 is 11.4 Å². The van der Waals surface area contributed by atoms with Gasteiger partial charge in [-0.3, -0.25) is 5.01 Å². The first-order valence-electron chi connectivity index (χ1n) is 8.44. The zero-order valence-electron chi connectivity index (χ0n) is 14.3. The maximum atomic E-state index is 14.1. The molecule has 4 rings (SSSR count). The zero-order valence-corrected chi connectivity index (χ0v) is 14.3. The summed E-state index contributed by atoms with van der Waals surface area (Å²) < 4.78 is 33.3. The van der Waals surface area contributed by atoms with E-state index in [1.807, 2.05) is 0 Å². The molecule has 0 aliphatic heterocycles. The Kier molecular flexibility index (Phi) is 4.33. The van der Waals surface area contributed by atoms with E-state index in [0.29, 0.717) is 5.70 Å². The van der Waals surface area contributed by atoms with Crippen LogP contribution in [0.3, 0.4) is 0 Å². The summed E-state index contributed by atoms with van der Waals surface area (Å²) in [7, 11) is 0. The molecule has 3 aromatic rings. The number of halogens is 2. The van der Waals surface area contributed by atoms with Crippen LogP contribution in [0.1, 0.15) is 18.7 Å². The highest BCUT2D eigenvalue weighted by Gasteiger charge is 2.34. The number of anilines is 1. The fourth-order valence-corrected chi connectivity index (χ4v) is 2.87. The van der Waals surface area contributed by atoms with Crippen molar-refractivity contribution in [1.82, 2.24) is 10.1 Å². The predicted molar refractivity (Wildman–Crippen MR) is 96.6 cm³/mol. The number of rotatable bonds is 5. The van der Waals surface area contributed by atoms with Gasteiger partial charge in [0.2, 0.25) is 5.82 Å². The maximum Gasteiger partial charge on any atom is 0.275 e. The van der Waals surface area contributed by atoms with Crippen LogP contribution in [0.25, 0.3) is 17.1 Å². The molecule has 1 heterocycles. The quantitative estimate of drug-likeness (QED) is 0.529. The standard InChI is InChI=1S/C19H17F2N5O/c20-13-6-2-1-5-12(13)18-24-19(27-25-18)16(22)17(11-9-10-11)26(23)15-8-4-3-7-14(15)21/h1-8,11H,9-10,22-23H2/b17-16-. The molecule has 138 valence electrons. The van der Waals surface area contributed by atoms with Gasteiger partial charge in [-0.15, -0.1) is 0 Å². The van der Waals surface area contributed by atoms with E-state index in [1.54, 1.807) is 36.4 Å². The molecule has 1 aliphatic rings. The summed E-state index contributed by atoms with van der Waals surface area (Å²) in [6, 6.07) is 12.2. The molecule has 6 nitrogen and oxygen atoms in total. The van der Waals surface area contributed by atoms with Crippen LogP contribution < -0.4 is 16.6 Å². The van der Waals surface area contributed by atoms with Crippen LogP contribution in [-0.4, -0.2) is 10.1 Å². The molecule has 0 bridgehead atoms. The molecule has 1 aromatic heterocycles. The first kappa shape index (κ1) is 17.2. The van der Waals surface area contributed by atoms with Gasteiger partial charge in [-0.25, -0.2) is 14.6 Å². The topological polar surface area (TPSA) is 94.2 Å². The number of allylic oxidation sites excluding steroid dienone is 1. The number of benzene rings is 2. The van der Waals surface area contributed by atoms with Crippen molar-refractivity contribution in [2.24, 2.45) is 17.5 Å². The molecule has 4 N–H and O–H groups in total. The van der Waals surface area contributed by atoms with Crippen LogP contribution >= 0.6 is 0 Å². The number of hydrogen-bond acceptors (Lipinski definition) is 6. The molecule has 0 amide bonds. The third-order valence-electron chi connectivity index (χ3n) is 4.38. The molecule has 2 aromatic carbocycles. The van der Waals surface area contributed by atoms with E-state index in [2.05, 4.69) is 10.1 Å². The number of hydrogen-bond donors (Lipinski definition) is 2. The van der Waals surface area contributed by atoms with Gasteiger partial charge in [0, 0.05) is 5.92 Å². The van der Waals surface area contributed by atoms with E-state index in [-0.39, 0.29) is 34.6 Å². The molecule has 0 saturated heterocycles. The van der Waals surface area contributed by atoms with Crippen molar-refractivity contribution in [3.63, 3.8) is 0 Å². The summed E-state index contributed by atoms with van der Waals surface area (Å²) in [5.74, 6) is 5.39. The van der Waals surface area contributed by atoms with Gasteiger partial charge in [0.05, 0.1) is 16.9 Å². The number of hydrazine groups is 1. The van der Waals surface area contributed by atoms with Crippen molar-refractivity contribution in [3.05, 3.63) is 71.8 Å². The molecule has 0 radical (unpaired) electrons. The van der Waals surface area contributed by atoms with Crippen LogP contribution in [0.5, 0.6) is 0 Å². The van der Waals surface area contributed by atoms with E-state index in [9.17, 15) is 8.78 Å². The van der Waals surface area contributed by atoms with Crippen molar-refractivity contribution in [3.8, 4) is 11.4 Å². The average molecular weight is 369 g/mol. The van der Waals surface area contributed by atoms with Crippen LogP contribution in [-0.2, 0) is 0 Å². The lowest BCUT2D eigenvalue weighted by Gasteiger charge is -2.23. The minimum Gasteiger partial charge on any atom is -0.393 e. The van der Waals surface area contributed by atoms with Gasteiger partial charge in [0.15, 0.2) is 0 Å². The minimum absolute atomic E-state index is 0.0157. The van der Waals surface area contributed by atoms with Crippen LogP contribution in [0, 0.1) is 17.6 Å². The lowest BCUT2D eigenvalue weighted by Crippen LogP contribution is -2.34. The monoisotopic (exact) mass is 369 g/mol. The fourth-order valence-electron chi connectivity index (χ4n) is 2.87. The van der Waals surface area contributed by atoms with Gasteiger partial charge >= 0.3 is 0 Å². The first-order valence-corrected chi connectivity index (χ1v) is 8.44. The highest BCUT2D eigenvalue weighted by atomic mass is 19.1. The Morgan fingerprint density at radius 1 is 1.04 bits per heavy atom. The normalized spacial score (nSPS) is 14.8. The maximum absolute atomic E-state index is 14.1. The lowest BCUT2D eigenvalue weighted by atomic mass is 10.2. The summed E-state index contributed by atoms with van der Waals surface area (Å²) in [6.07, 6.45) is 1.74. The summed E-state index contributed by atoms with van der Waals surface area (Å²) in [4.78, 5) is 4.19. The van der Waals surface area contributed by atoms with Crippen molar-refractivity contribution in [2.45, 2.75) is 12.8 Å². The van der Waals surface area contributed by atoms with E-state index < -0.39 is 11.6 Å². The Morgan fingerprint density at radius 2 is 1.70 bits per heavy atom. The largest absolute Gasteiger partial charge is 0.393 e. The molecule has 8 heteroatoms. The van der Waals surface area contributed by atoms with Crippen LogP contribution in [0.2, 0.25) is 0 Å². The van der Waals surface area contributed by atoms with Crippen LogP contribution in [0.15, 0.2) is 58.8 Å². The molecular formula is C19H17F2N5O. The fraction of sp³-hybridized carbons (Fsp3) is 0.158. The Morgan fingerprint density at radius 3 is 2.37 bits per heavy atom. The Balaban J connectivity index is 1.74. The van der Waals surface area contributed by atoms with Crippen molar-refractivity contribution in [2.75, 3.05) is 5.01 Å². The highest BCUT2D eigenvalue weighted by molar-refractivity contribution is 5.68. The second-order valence-electron chi connectivity index (χ2n) is 6.30. The van der Waals surface area contributed by atoms with Crippen LogP contribution in [0.4, 0.5) is 14.5 Å². The Bertz CT molecular complexity index is 1010. The highest BCUT2D eigenvalue weighted by Crippen LogP contribution is 2.41. The molecule has 0 unspecified atom stereocenters. The van der Waals surface area contributed by atoms with E-state index in [4.69, 9.17) is 16.1 Å². The van der Waals surface area contributed by atoms with Crippen molar-refractivity contribution in [1.29, 1.82) is 0 Å². The van der Waals surface area contributed by atoms with E-state index in [0.717, 1.165) is 12.8 Å². The zero-order chi connectivity index (χ0) is 19.0. The van der Waals surface area contributed by atoms with Gasteiger partial charge in [0.25, 0.3) is 5.89 Å². The molecule has 27 heavy (non-hydrogen) atoms. The summed E-state index contributed by atoms with van der Waals surface area (Å²) in [6.45, 7) is 0. The number of nitrogens with two attached hydrogens (primary N) is 2. The third-order valence-corrected chi connectivity index (χ3v) is 4.38. The predicted octanol–water partition coefficient (Wildman–Crippen LogP) is 3.43. The molecule has 1 saturated carbocycles. The Labute approximate surface area is 154 Å². The van der Waals surface area contributed by atoms with E-state index >= 15 is 0 Å². The number of aromatic nitrogens is 2. The second kappa shape index (κ2) is 6.81. The molecule has 0 spiro atoms. The average Bonchev–Trinajstić information content (AvgIpc) is 3.37. The first-order chi connectivity index (χ1) is 13.1. The minimum atomic E-state index is -0.471. The molecular weight excluding hydrogens is 352 g/mol. The lowest BCUT2D eigenvalue weighted by molar-refractivity contribution is 0.406. The molecule has 1 fully saturated rings. The van der Waals surface area contributed by atoms with Gasteiger partial charge in [-0.05, 0) is 37.1 Å². The summed E-state index contributed by atoms with van der Waals surface area (Å²) >= 11 is 0. The number of nitrogens with zero attached hydrogens (tertiary/aromatic N) is 3. The SMILES string of the molecule is N/C(=C(/C1CC1)N(N)c1ccccc1F)c1nc(-c2ccccc2F)no1. The van der Waals surface area contributed by atoms with Gasteiger partial charge in [-0.1, -0.05) is 29.4 Å². The van der Waals surface area contributed by atoms with Gasteiger partial charge in [0.1, 0.15) is 17.3 Å². The molecule has 1 aliphatic carbocycles. The van der Waals surface area contributed by atoms with Crippen molar-refractivity contribution < 1.29 is 13.3 Å². The second-order valence-corrected chi connectivity index (χ2v) is 6.30. The van der Waals surface area contributed by atoms with Gasteiger partial charge < -0.3 is 10.3 Å². The smallest absolute Gasteiger partial charge is 0.275 e. The van der Waals surface area contributed by atoms with E-state index in [1.165, 1.54) is 17.1 Å². The summed E-state index contributed by atoms with van der Waals surface area (Å²) in [5.41, 5.74) is 7.29. The number of para-hydroxylation sites is 1. The van der Waals surface area contributed by atoms with Gasteiger partial charge in [-0.2, -0.15) is 4.98 Å². The third kappa shape index (κ3) is 3.26.